The number of rotatable bonds is 8. The van der Waals surface area contributed by atoms with Gasteiger partial charge in [0.2, 0.25) is 6.71 Å². The zero-order chi connectivity index (χ0) is 45.9. The summed E-state index contributed by atoms with van der Waals surface area (Å²) in [5.74, 6) is 2.73. The van der Waals surface area contributed by atoms with Gasteiger partial charge in [-0.3, -0.25) is 0 Å². The molecule has 6 aliphatic rings. The number of para-hydroxylation sites is 6. The second-order valence-electron chi connectivity index (χ2n) is 20.7. The van der Waals surface area contributed by atoms with E-state index in [1.54, 1.807) is 5.56 Å². The largest absolute Gasteiger partial charge is 0.310 e. The van der Waals surface area contributed by atoms with Gasteiger partial charge in [-0.1, -0.05) is 144 Å². The molecule has 9 aromatic carbocycles. The van der Waals surface area contributed by atoms with Gasteiger partial charge < -0.3 is 14.4 Å². The van der Waals surface area contributed by atoms with E-state index in [1.807, 2.05) is 23.5 Å². The molecule has 3 nitrogen and oxygen atoms in total. The molecule has 4 fully saturated rings. The zero-order valence-electron chi connectivity index (χ0n) is 38.9. The van der Waals surface area contributed by atoms with E-state index < -0.39 is 0 Å². The minimum atomic E-state index is 0.0591. The van der Waals surface area contributed by atoms with Crippen LogP contribution in [0.5, 0.6) is 0 Å². The van der Waals surface area contributed by atoms with Crippen molar-refractivity contribution in [3.05, 3.63) is 218 Å². The summed E-state index contributed by atoms with van der Waals surface area (Å²) in [6, 6.07) is 79.7. The molecule has 2 aliphatic heterocycles. The van der Waals surface area contributed by atoms with Gasteiger partial charge in [-0.15, -0.1) is 0 Å². The first-order valence-corrected chi connectivity index (χ1v) is 26.9. The minimum Gasteiger partial charge on any atom is -0.310 e. The molecule has 4 aliphatic carbocycles. The Bertz CT molecular complexity index is 3610. The highest BCUT2D eigenvalue weighted by Gasteiger charge is 2.52. The average Bonchev–Trinajstić information content (AvgIpc) is 3.73. The third kappa shape index (κ3) is 6.45. The predicted octanol–water partition coefficient (Wildman–Crippen LogP) is 15.6. The average molecular weight is 936 g/mol. The summed E-state index contributed by atoms with van der Waals surface area (Å²) in [7, 11) is 0. The van der Waals surface area contributed by atoms with Crippen molar-refractivity contribution in [3.63, 3.8) is 0 Å². The molecule has 336 valence electrons. The summed E-state index contributed by atoms with van der Waals surface area (Å²) >= 11 is 3.77. The molecule has 0 spiro atoms. The molecule has 0 unspecified atom stereocenters. The van der Waals surface area contributed by atoms with Crippen molar-refractivity contribution in [1.82, 2.24) is 4.57 Å². The van der Waals surface area contributed by atoms with Crippen LogP contribution < -0.4 is 26.2 Å². The summed E-state index contributed by atoms with van der Waals surface area (Å²) in [5, 5.41) is 2.71. The number of fused-ring (bicyclic) bond motifs is 7. The number of hydrogen-bond donors (Lipinski definition) is 0. The fourth-order valence-corrected chi connectivity index (χ4v) is 16.4. The maximum Gasteiger partial charge on any atom is 0.249 e. The highest BCUT2D eigenvalue weighted by molar-refractivity contribution is 8.00. The lowest BCUT2D eigenvalue weighted by molar-refractivity contribution is -0.00512. The van der Waals surface area contributed by atoms with Gasteiger partial charge in [0, 0.05) is 58.8 Å². The van der Waals surface area contributed by atoms with E-state index in [9.17, 15) is 0 Å². The Hall–Kier alpha value is -6.86. The zero-order valence-corrected chi connectivity index (χ0v) is 40.6. The van der Waals surface area contributed by atoms with E-state index in [0.29, 0.717) is 5.41 Å². The van der Waals surface area contributed by atoms with Gasteiger partial charge in [0.1, 0.15) is 0 Å². The number of hydrogen-bond acceptors (Lipinski definition) is 4. The molecule has 1 aromatic heterocycles. The molecule has 0 atom stereocenters. The van der Waals surface area contributed by atoms with E-state index in [4.69, 9.17) is 0 Å². The van der Waals surface area contributed by atoms with Gasteiger partial charge in [-0.2, -0.15) is 0 Å². The first-order valence-electron chi connectivity index (χ1n) is 25.3. The van der Waals surface area contributed by atoms with Crippen LogP contribution >= 0.6 is 23.5 Å². The van der Waals surface area contributed by atoms with Crippen LogP contribution in [0.25, 0.3) is 27.5 Å². The summed E-state index contributed by atoms with van der Waals surface area (Å²) in [6.45, 7) is 0.0591. The second kappa shape index (κ2) is 16.1. The van der Waals surface area contributed by atoms with Crippen LogP contribution in [0.3, 0.4) is 0 Å². The number of nitrogens with zero attached hydrogens (tertiary/aromatic N) is 3. The minimum absolute atomic E-state index is 0.0591. The third-order valence-corrected chi connectivity index (χ3v) is 18.7. The molecule has 6 heteroatoms. The molecule has 4 saturated carbocycles. The van der Waals surface area contributed by atoms with Crippen molar-refractivity contribution in [1.29, 1.82) is 0 Å². The Kier molecular flexibility index (Phi) is 9.42. The topological polar surface area (TPSA) is 11.4 Å². The van der Waals surface area contributed by atoms with Crippen molar-refractivity contribution < 1.29 is 0 Å². The molecule has 16 rings (SSSR count). The van der Waals surface area contributed by atoms with E-state index in [2.05, 4.69) is 227 Å². The van der Waals surface area contributed by atoms with Crippen molar-refractivity contribution in [2.45, 2.75) is 63.5 Å². The molecule has 4 bridgehead atoms. The Labute approximate surface area is 419 Å². The predicted molar refractivity (Wildman–Crippen MR) is 296 cm³/mol. The Morgan fingerprint density at radius 1 is 0.457 bits per heavy atom. The van der Waals surface area contributed by atoms with Gasteiger partial charge in [-0.25, -0.2) is 0 Å². The van der Waals surface area contributed by atoms with E-state index in [1.165, 1.54) is 119 Å². The number of benzene rings is 9. The van der Waals surface area contributed by atoms with Gasteiger partial charge in [0.25, 0.3) is 0 Å². The first kappa shape index (κ1) is 41.0. The number of aromatic nitrogens is 1. The molecular weight excluding hydrogens is 886 g/mol. The third-order valence-electron chi connectivity index (χ3n) is 16.6. The van der Waals surface area contributed by atoms with Crippen LogP contribution in [-0.2, 0) is 5.41 Å². The van der Waals surface area contributed by atoms with Gasteiger partial charge in [-0.05, 0) is 175 Å². The molecule has 0 radical (unpaired) electrons. The van der Waals surface area contributed by atoms with E-state index >= 15 is 0 Å². The standard InChI is InChI=1S/C64H50BN3S2/c1-4-16-46(17-5-1)66(47-18-6-2-7-19-47)48-29-30-54-61(36-48)70-62-38-50(69-49-20-8-3-9-21-49)37-60-63(62)65(54)53-23-11-13-25-57(53)68(60)59-27-15-14-26-58(59)67-55-24-12-10-22-51(55)52-35-45(28-31-56(52)67)64-39-42-32-43(40-64)34-44(33-42)41-64/h1-31,35-38,42-44H,32-34,39-41H2. The first-order chi connectivity index (χ1) is 34.6. The smallest absolute Gasteiger partial charge is 0.249 e. The van der Waals surface area contributed by atoms with Crippen LogP contribution in [0.15, 0.2) is 232 Å². The second-order valence-corrected chi connectivity index (χ2v) is 22.9. The maximum atomic E-state index is 2.63. The molecular formula is C64H50BN3S2. The lowest BCUT2D eigenvalue weighted by Gasteiger charge is -2.57. The van der Waals surface area contributed by atoms with Gasteiger partial charge >= 0.3 is 0 Å². The molecule has 0 amide bonds. The van der Waals surface area contributed by atoms with Crippen molar-refractivity contribution in [2.24, 2.45) is 17.8 Å². The summed E-state index contributed by atoms with van der Waals surface area (Å²) in [5.41, 5.74) is 16.8. The Morgan fingerprint density at radius 3 is 1.80 bits per heavy atom. The van der Waals surface area contributed by atoms with E-state index in [0.717, 1.165) is 34.8 Å². The van der Waals surface area contributed by atoms with Gasteiger partial charge in [0.05, 0.1) is 22.4 Å². The molecule has 10 aromatic rings. The summed E-state index contributed by atoms with van der Waals surface area (Å²) < 4.78 is 2.57. The summed E-state index contributed by atoms with van der Waals surface area (Å²) in [4.78, 5) is 10.1. The van der Waals surface area contributed by atoms with Crippen LogP contribution in [0, 0.1) is 17.8 Å². The lowest BCUT2D eigenvalue weighted by Crippen LogP contribution is -2.59. The van der Waals surface area contributed by atoms with Crippen molar-refractivity contribution in [2.75, 3.05) is 9.80 Å². The molecule has 3 heterocycles. The van der Waals surface area contributed by atoms with Crippen molar-refractivity contribution >= 4 is 103 Å². The highest BCUT2D eigenvalue weighted by atomic mass is 32.2. The normalized spacial score (nSPS) is 20.4. The number of anilines is 6. The SMILES string of the molecule is c1ccc(Sc2cc3c4c(c2)N(c2ccccc2-n2c5ccccc5c5cc(C67CC8CC(CC(C8)C6)C7)ccc52)c2ccccc2B4c2ccc(N(c4ccccc4)c4ccccc4)cc2S3)cc1. The Balaban J connectivity index is 0.915. The quantitative estimate of drug-likeness (QED) is 0.141. The van der Waals surface area contributed by atoms with Crippen LogP contribution in [-0.4, -0.2) is 11.3 Å². The summed E-state index contributed by atoms with van der Waals surface area (Å²) in [6.07, 6.45) is 8.50. The van der Waals surface area contributed by atoms with Crippen molar-refractivity contribution in [3.8, 4) is 5.69 Å². The molecule has 70 heavy (non-hydrogen) atoms. The molecule has 0 N–H and O–H groups in total. The van der Waals surface area contributed by atoms with Crippen LogP contribution in [0.2, 0.25) is 0 Å². The Morgan fingerprint density at radius 2 is 1.07 bits per heavy atom. The van der Waals surface area contributed by atoms with Gasteiger partial charge in [0.15, 0.2) is 0 Å². The molecule has 0 saturated heterocycles. The van der Waals surface area contributed by atoms with E-state index in [-0.39, 0.29) is 6.71 Å². The fourth-order valence-electron chi connectivity index (χ4n) is 14.2. The lowest BCUT2D eigenvalue weighted by atomic mass is 9.35. The monoisotopic (exact) mass is 935 g/mol. The maximum absolute atomic E-state index is 2.63. The fraction of sp³-hybridized carbons (Fsp3) is 0.156. The van der Waals surface area contributed by atoms with Crippen LogP contribution in [0.4, 0.5) is 34.1 Å². The highest BCUT2D eigenvalue weighted by Crippen LogP contribution is 2.61. The van der Waals surface area contributed by atoms with Crippen LogP contribution in [0.1, 0.15) is 44.1 Å².